The van der Waals surface area contributed by atoms with E-state index < -0.39 is 12.1 Å². The van der Waals surface area contributed by atoms with E-state index in [0.717, 1.165) is 82.8 Å². The zero-order chi connectivity index (χ0) is 36.0. The largest absolute Gasteiger partial charge is 0.490 e. The number of ether oxygens (including phenoxy) is 1. The Morgan fingerprint density at radius 1 is 1.00 bits per heavy atom. The number of likely N-dealkylation sites (tertiary alicyclic amines) is 2. The minimum absolute atomic E-state index is 0.0479. The molecule has 4 aliphatic rings. The first-order chi connectivity index (χ1) is 23.1. The number of piperidine rings is 2. The third-order valence-corrected chi connectivity index (χ3v) is 11.8. The van der Waals surface area contributed by atoms with Crippen LogP contribution in [0.5, 0.6) is 0 Å². The number of hydrogen-bond acceptors (Lipinski definition) is 8. The summed E-state index contributed by atoms with van der Waals surface area (Å²) in [5.41, 5.74) is 1.92. The molecule has 1 aromatic heterocycles. The summed E-state index contributed by atoms with van der Waals surface area (Å²) in [7, 11) is 0. The molecule has 0 radical (unpaired) electrons. The lowest BCUT2D eigenvalue weighted by Crippen LogP contribution is -2.63. The zero-order valence-corrected chi connectivity index (χ0v) is 30.6. The smallest absolute Gasteiger partial charge is 0.475 e. The quantitative estimate of drug-likeness (QED) is 0.222. The monoisotopic (exact) mass is 713 g/mol. The molecule has 14 heteroatoms. The van der Waals surface area contributed by atoms with Gasteiger partial charge in [0.1, 0.15) is 5.60 Å². The van der Waals surface area contributed by atoms with E-state index in [-0.39, 0.29) is 23.1 Å². The van der Waals surface area contributed by atoms with Crippen LogP contribution in [0.15, 0.2) is 5.16 Å². The zero-order valence-electron chi connectivity index (χ0n) is 29.7. The number of hydrogen-bond donors (Lipinski definition) is 1. The molecule has 1 unspecified atom stereocenters. The molecular formula is C35H54F3N5O5S. The van der Waals surface area contributed by atoms with Crippen LogP contribution in [0.25, 0.3) is 0 Å². The summed E-state index contributed by atoms with van der Waals surface area (Å²) in [6, 6.07) is 0. The maximum Gasteiger partial charge on any atom is 0.490 e. The van der Waals surface area contributed by atoms with Gasteiger partial charge in [-0.1, -0.05) is 50.8 Å². The van der Waals surface area contributed by atoms with Gasteiger partial charge in [-0.3, -0.25) is 9.69 Å². The van der Waals surface area contributed by atoms with E-state index in [4.69, 9.17) is 14.6 Å². The van der Waals surface area contributed by atoms with Gasteiger partial charge in [-0.15, -0.1) is 0 Å². The van der Waals surface area contributed by atoms with Crippen LogP contribution < -0.4 is 0 Å². The molecule has 0 aromatic carbocycles. The van der Waals surface area contributed by atoms with Crippen LogP contribution in [0.1, 0.15) is 113 Å². The summed E-state index contributed by atoms with van der Waals surface area (Å²) < 4.78 is 38.2. The maximum absolute atomic E-state index is 13.5. The van der Waals surface area contributed by atoms with Gasteiger partial charge in [0.2, 0.25) is 0 Å². The summed E-state index contributed by atoms with van der Waals surface area (Å²) >= 11 is 1.50. The van der Waals surface area contributed by atoms with Crippen molar-refractivity contribution in [1.82, 2.24) is 24.7 Å². The fourth-order valence-electron chi connectivity index (χ4n) is 8.15. The number of aryl methyl sites for hydroxylation is 2. The second-order valence-electron chi connectivity index (χ2n) is 14.5. The Kier molecular flexibility index (Phi) is 13.3. The van der Waals surface area contributed by atoms with Gasteiger partial charge in [0, 0.05) is 63.6 Å². The summed E-state index contributed by atoms with van der Waals surface area (Å²) in [6.07, 6.45) is 10.5. The van der Waals surface area contributed by atoms with Crippen molar-refractivity contribution in [3.63, 3.8) is 0 Å². The van der Waals surface area contributed by atoms with Crippen LogP contribution in [0.2, 0.25) is 0 Å². The summed E-state index contributed by atoms with van der Waals surface area (Å²) in [5.74, 6) is -1.64. The van der Waals surface area contributed by atoms with E-state index >= 15 is 0 Å². The molecule has 5 rings (SSSR count). The number of carbonyl (C=O) groups excluding carboxylic acids is 2. The van der Waals surface area contributed by atoms with Gasteiger partial charge in [0.15, 0.2) is 5.16 Å². The van der Waals surface area contributed by atoms with Crippen LogP contribution in [0, 0.1) is 25.7 Å². The molecule has 1 aromatic rings. The third kappa shape index (κ3) is 9.59. The highest BCUT2D eigenvalue weighted by Gasteiger charge is 2.51. The first kappa shape index (κ1) is 39.2. The number of amides is 2. The average Bonchev–Trinajstić information content (AvgIpc) is 3.06. The molecule has 4 heterocycles. The van der Waals surface area contributed by atoms with Gasteiger partial charge in [-0.25, -0.2) is 19.6 Å². The van der Waals surface area contributed by atoms with Crippen molar-refractivity contribution < 1.29 is 37.4 Å². The van der Waals surface area contributed by atoms with Crippen molar-refractivity contribution in [1.29, 1.82) is 0 Å². The van der Waals surface area contributed by atoms with Crippen LogP contribution >= 0.6 is 11.8 Å². The van der Waals surface area contributed by atoms with E-state index in [2.05, 4.69) is 33.6 Å². The summed E-state index contributed by atoms with van der Waals surface area (Å²) in [4.78, 5) is 51.5. The van der Waals surface area contributed by atoms with Crippen LogP contribution in [0.3, 0.4) is 0 Å². The molecule has 4 fully saturated rings. The number of nitrogens with zero attached hydrogens (tertiary/aromatic N) is 5. The topological polar surface area (TPSA) is 116 Å². The van der Waals surface area contributed by atoms with E-state index in [1.54, 1.807) is 0 Å². The molecule has 276 valence electrons. The average molecular weight is 714 g/mol. The Labute approximate surface area is 292 Å². The van der Waals surface area contributed by atoms with Gasteiger partial charge in [0.25, 0.3) is 5.91 Å². The number of carbonyl (C=O) groups is 3. The Morgan fingerprint density at radius 2 is 1.57 bits per heavy atom. The Morgan fingerprint density at radius 3 is 2.08 bits per heavy atom. The van der Waals surface area contributed by atoms with Crippen molar-refractivity contribution in [3.8, 4) is 0 Å². The Bertz CT molecular complexity index is 1290. The molecule has 1 atom stereocenters. The lowest BCUT2D eigenvalue weighted by atomic mass is 9.74. The predicted molar refractivity (Wildman–Crippen MR) is 182 cm³/mol. The fraction of sp³-hybridized carbons (Fsp3) is 0.800. The summed E-state index contributed by atoms with van der Waals surface area (Å²) in [6.45, 7) is 13.6. The van der Waals surface area contributed by atoms with Gasteiger partial charge < -0.3 is 19.6 Å². The van der Waals surface area contributed by atoms with Gasteiger partial charge >= 0.3 is 18.2 Å². The Hall–Kier alpha value is -2.61. The second-order valence-corrected chi connectivity index (χ2v) is 15.3. The number of carboxylic acids is 1. The van der Waals surface area contributed by atoms with E-state index in [9.17, 15) is 22.8 Å². The standard InChI is InChI=1S/C33H53N5O3S.C2HF3O2/c1-6-7-13-27-23-37(22-26-11-9-8-10-12-26)31(40)41-33(27)16-20-38(21-17-33)32(4)14-18-36(19-15-32)29(39)28-24(2)34-30(42-5)35-25(28)3;3-2(4,5)1(6)7/h26-27H,6-23H2,1-5H3;(H,6,7). The highest BCUT2D eigenvalue weighted by molar-refractivity contribution is 7.98. The van der Waals surface area contributed by atoms with Gasteiger partial charge in [0.05, 0.1) is 17.0 Å². The molecule has 49 heavy (non-hydrogen) atoms. The Balaban J connectivity index is 0.000000698. The number of halogens is 3. The van der Waals surface area contributed by atoms with Gasteiger partial charge in [-0.05, 0) is 65.0 Å². The predicted octanol–water partition coefficient (Wildman–Crippen LogP) is 7.12. The molecular weight excluding hydrogens is 659 g/mol. The van der Waals surface area contributed by atoms with E-state index in [1.165, 1.54) is 56.7 Å². The van der Waals surface area contributed by atoms with Crippen molar-refractivity contribution in [3.05, 3.63) is 17.0 Å². The third-order valence-electron chi connectivity index (χ3n) is 11.2. The van der Waals surface area contributed by atoms with Crippen LogP contribution in [-0.4, -0.2) is 111 Å². The minimum Gasteiger partial charge on any atom is -0.475 e. The number of unbranched alkanes of at least 4 members (excludes halogenated alkanes) is 1. The number of thioether (sulfide) groups is 1. The number of alkyl halides is 3. The normalized spacial score (nSPS) is 23.1. The van der Waals surface area contributed by atoms with Crippen molar-refractivity contribution in [2.24, 2.45) is 11.8 Å². The van der Waals surface area contributed by atoms with E-state index in [1.807, 2.05) is 25.0 Å². The number of aromatic nitrogens is 2. The number of rotatable bonds is 8. The molecule has 0 bridgehead atoms. The molecule has 1 spiro atoms. The van der Waals surface area contributed by atoms with Crippen LogP contribution in [-0.2, 0) is 9.53 Å². The second kappa shape index (κ2) is 16.6. The maximum atomic E-state index is 13.5. The van der Waals surface area contributed by atoms with Crippen molar-refractivity contribution in [2.75, 3.05) is 45.5 Å². The summed E-state index contributed by atoms with van der Waals surface area (Å²) in [5, 5.41) is 7.84. The molecule has 1 N–H and O–H groups in total. The van der Waals surface area contributed by atoms with E-state index in [0.29, 0.717) is 22.6 Å². The number of aliphatic carboxylic acids is 1. The molecule has 10 nitrogen and oxygen atoms in total. The minimum atomic E-state index is -5.08. The molecule has 3 saturated heterocycles. The first-order valence-corrected chi connectivity index (χ1v) is 19.1. The molecule has 2 amide bonds. The van der Waals surface area contributed by atoms with Gasteiger partial charge in [-0.2, -0.15) is 13.2 Å². The van der Waals surface area contributed by atoms with Crippen LogP contribution in [0.4, 0.5) is 18.0 Å². The van der Waals surface area contributed by atoms with Crippen molar-refractivity contribution >= 4 is 29.7 Å². The molecule has 1 saturated carbocycles. The number of carboxylic acid groups (broad SMARTS) is 1. The lowest BCUT2D eigenvalue weighted by molar-refractivity contribution is -0.192. The first-order valence-electron chi connectivity index (χ1n) is 17.8. The van der Waals surface area contributed by atoms with Crippen molar-refractivity contribution in [2.45, 2.75) is 127 Å². The lowest BCUT2D eigenvalue weighted by Gasteiger charge is -2.55. The fourth-order valence-corrected chi connectivity index (χ4v) is 8.61. The highest BCUT2D eigenvalue weighted by atomic mass is 32.2. The molecule has 1 aliphatic carbocycles. The highest BCUT2D eigenvalue weighted by Crippen LogP contribution is 2.44. The molecule has 3 aliphatic heterocycles. The SMILES string of the molecule is CCCCC1CN(CC2CCCCC2)C(=O)OC12CCN(C1(C)CCN(C(=O)c3c(C)nc(SC)nc3C)CC1)CC2.O=C(O)C(F)(F)F.